The predicted molar refractivity (Wildman–Crippen MR) is 70.4 cm³/mol. The van der Waals surface area contributed by atoms with E-state index in [0.717, 1.165) is 6.54 Å². The molecule has 1 unspecified atom stereocenters. The van der Waals surface area contributed by atoms with Crippen LogP contribution >= 0.6 is 0 Å². The average molecular weight is 238 g/mol. The van der Waals surface area contributed by atoms with Crippen LogP contribution in [0, 0.1) is 0 Å². The average Bonchev–Trinajstić information content (AvgIpc) is 2.35. The van der Waals surface area contributed by atoms with Crippen LogP contribution in [0.4, 0.5) is 5.69 Å². The van der Waals surface area contributed by atoms with Crippen LogP contribution in [0.2, 0.25) is 0 Å². The van der Waals surface area contributed by atoms with E-state index in [1.807, 2.05) is 14.1 Å². The number of rotatable bonds is 7. The molecule has 0 heterocycles. The van der Waals surface area contributed by atoms with Crippen molar-refractivity contribution in [2.75, 3.05) is 39.3 Å². The Labute approximate surface area is 103 Å². The first-order valence-electron chi connectivity index (χ1n) is 5.76. The molecule has 0 aliphatic rings. The molecule has 2 N–H and O–H groups in total. The molecule has 0 aromatic heterocycles. The molecule has 0 radical (unpaired) electrons. The van der Waals surface area contributed by atoms with Gasteiger partial charge < -0.3 is 20.1 Å². The SMILES string of the molecule is COCC(CO)NCc1ccc(N(C)C)cc1. The minimum Gasteiger partial charge on any atom is -0.395 e. The van der Waals surface area contributed by atoms with Crippen molar-refractivity contribution in [1.29, 1.82) is 0 Å². The van der Waals surface area contributed by atoms with Gasteiger partial charge in [-0.2, -0.15) is 0 Å². The summed E-state index contributed by atoms with van der Waals surface area (Å²) in [6.45, 7) is 1.35. The van der Waals surface area contributed by atoms with Crippen molar-refractivity contribution in [3.63, 3.8) is 0 Å². The lowest BCUT2D eigenvalue weighted by molar-refractivity contribution is 0.128. The second-order valence-corrected chi connectivity index (χ2v) is 4.28. The highest BCUT2D eigenvalue weighted by Gasteiger charge is 2.05. The topological polar surface area (TPSA) is 44.7 Å². The standard InChI is InChI=1S/C13H22N2O2/c1-15(2)13-6-4-11(5-7-13)8-14-12(9-16)10-17-3/h4-7,12,14,16H,8-10H2,1-3H3. The van der Waals surface area contributed by atoms with Gasteiger partial charge in [-0.3, -0.25) is 0 Å². The summed E-state index contributed by atoms with van der Waals surface area (Å²) in [5.74, 6) is 0. The molecule has 0 aliphatic heterocycles. The molecule has 4 heteroatoms. The third kappa shape index (κ3) is 4.73. The number of methoxy groups -OCH3 is 1. The van der Waals surface area contributed by atoms with Crippen LogP contribution in [0.1, 0.15) is 5.56 Å². The second kappa shape index (κ2) is 7.27. The zero-order chi connectivity index (χ0) is 12.7. The smallest absolute Gasteiger partial charge is 0.0638 e. The fraction of sp³-hybridized carbons (Fsp3) is 0.538. The summed E-state index contributed by atoms with van der Waals surface area (Å²) in [5.41, 5.74) is 2.38. The first-order valence-corrected chi connectivity index (χ1v) is 5.76. The van der Waals surface area contributed by atoms with Crippen LogP contribution in [0.15, 0.2) is 24.3 Å². The molecule has 0 saturated carbocycles. The third-order valence-electron chi connectivity index (χ3n) is 2.64. The maximum Gasteiger partial charge on any atom is 0.0638 e. The number of ether oxygens (including phenoxy) is 1. The van der Waals surface area contributed by atoms with E-state index in [4.69, 9.17) is 9.84 Å². The van der Waals surface area contributed by atoms with Gasteiger partial charge in [0.05, 0.1) is 19.3 Å². The van der Waals surface area contributed by atoms with Gasteiger partial charge >= 0.3 is 0 Å². The Balaban J connectivity index is 2.46. The number of anilines is 1. The second-order valence-electron chi connectivity index (χ2n) is 4.28. The molecule has 4 nitrogen and oxygen atoms in total. The summed E-state index contributed by atoms with van der Waals surface area (Å²) in [6.07, 6.45) is 0. The minimum atomic E-state index is -0.00600. The molecule has 0 amide bonds. The molecule has 0 saturated heterocycles. The lowest BCUT2D eigenvalue weighted by Gasteiger charge is -2.16. The van der Waals surface area contributed by atoms with Crippen molar-refractivity contribution in [3.8, 4) is 0 Å². The number of aliphatic hydroxyl groups is 1. The summed E-state index contributed by atoms with van der Waals surface area (Å²) in [7, 11) is 5.68. The highest BCUT2D eigenvalue weighted by Crippen LogP contribution is 2.12. The summed E-state index contributed by atoms with van der Waals surface area (Å²) >= 11 is 0. The summed E-state index contributed by atoms with van der Waals surface area (Å²) in [6, 6.07) is 8.34. The minimum absolute atomic E-state index is 0.00600. The van der Waals surface area contributed by atoms with Crippen LogP contribution in [0.5, 0.6) is 0 Å². The zero-order valence-electron chi connectivity index (χ0n) is 10.8. The molecular formula is C13H22N2O2. The zero-order valence-corrected chi connectivity index (χ0v) is 10.8. The molecule has 0 aliphatic carbocycles. The number of hydrogen-bond acceptors (Lipinski definition) is 4. The van der Waals surface area contributed by atoms with Crippen molar-refractivity contribution >= 4 is 5.69 Å². The van der Waals surface area contributed by atoms with Gasteiger partial charge in [0.2, 0.25) is 0 Å². The number of aliphatic hydroxyl groups excluding tert-OH is 1. The Morgan fingerprint density at radius 1 is 1.29 bits per heavy atom. The molecule has 0 bridgehead atoms. The lowest BCUT2D eigenvalue weighted by atomic mass is 10.2. The Morgan fingerprint density at radius 2 is 1.94 bits per heavy atom. The summed E-state index contributed by atoms with van der Waals surface area (Å²) in [4.78, 5) is 2.07. The number of nitrogens with one attached hydrogen (secondary N) is 1. The number of benzene rings is 1. The van der Waals surface area contributed by atoms with Crippen molar-refractivity contribution in [3.05, 3.63) is 29.8 Å². The Morgan fingerprint density at radius 3 is 2.41 bits per heavy atom. The third-order valence-corrected chi connectivity index (χ3v) is 2.64. The van der Waals surface area contributed by atoms with Crippen LogP contribution in [-0.2, 0) is 11.3 Å². The van der Waals surface area contributed by atoms with Crippen molar-refractivity contribution in [1.82, 2.24) is 5.32 Å². The van der Waals surface area contributed by atoms with Gasteiger partial charge in [-0.05, 0) is 17.7 Å². The van der Waals surface area contributed by atoms with Gasteiger partial charge in [0, 0.05) is 33.4 Å². The molecule has 96 valence electrons. The molecule has 17 heavy (non-hydrogen) atoms. The fourth-order valence-electron chi connectivity index (χ4n) is 1.55. The summed E-state index contributed by atoms with van der Waals surface area (Å²) in [5, 5.41) is 12.3. The molecule has 1 aromatic rings. The maximum atomic E-state index is 9.10. The first-order chi connectivity index (χ1) is 8.17. The van der Waals surface area contributed by atoms with Gasteiger partial charge in [0.15, 0.2) is 0 Å². The number of nitrogens with zero attached hydrogens (tertiary/aromatic N) is 1. The highest BCUT2D eigenvalue weighted by molar-refractivity contribution is 5.45. The molecular weight excluding hydrogens is 216 g/mol. The van der Waals surface area contributed by atoms with E-state index >= 15 is 0 Å². The molecule has 1 rings (SSSR count). The normalized spacial score (nSPS) is 12.5. The van der Waals surface area contributed by atoms with Gasteiger partial charge in [-0.15, -0.1) is 0 Å². The van der Waals surface area contributed by atoms with Crippen LogP contribution in [0.3, 0.4) is 0 Å². The van der Waals surface area contributed by atoms with Gasteiger partial charge in [0.25, 0.3) is 0 Å². The fourth-order valence-corrected chi connectivity index (χ4v) is 1.55. The molecule has 0 spiro atoms. The maximum absolute atomic E-state index is 9.10. The van der Waals surface area contributed by atoms with Gasteiger partial charge in [-0.25, -0.2) is 0 Å². The highest BCUT2D eigenvalue weighted by atomic mass is 16.5. The van der Waals surface area contributed by atoms with E-state index in [1.165, 1.54) is 11.3 Å². The van der Waals surface area contributed by atoms with Crippen molar-refractivity contribution < 1.29 is 9.84 Å². The van der Waals surface area contributed by atoms with E-state index < -0.39 is 0 Å². The van der Waals surface area contributed by atoms with Crippen LogP contribution in [-0.4, -0.2) is 45.6 Å². The van der Waals surface area contributed by atoms with Crippen molar-refractivity contribution in [2.45, 2.75) is 12.6 Å². The molecule has 1 aromatic carbocycles. The van der Waals surface area contributed by atoms with E-state index in [-0.39, 0.29) is 12.6 Å². The Bertz CT molecular complexity index is 312. The quantitative estimate of drug-likeness (QED) is 0.739. The predicted octanol–water partition coefficient (Wildman–Crippen LogP) is 0.849. The van der Waals surface area contributed by atoms with Gasteiger partial charge in [0.1, 0.15) is 0 Å². The van der Waals surface area contributed by atoms with E-state index in [2.05, 4.69) is 34.5 Å². The van der Waals surface area contributed by atoms with E-state index in [0.29, 0.717) is 6.61 Å². The van der Waals surface area contributed by atoms with Crippen molar-refractivity contribution in [2.24, 2.45) is 0 Å². The van der Waals surface area contributed by atoms with Crippen LogP contribution in [0.25, 0.3) is 0 Å². The first kappa shape index (κ1) is 14.0. The summed E-state index contributed by atoms with van der Waals surface area (Å²) < 4.78 is 5.00. The lowest BCUT2D eigenvalue weighted by Crippen LogP contribution is -2.35. The van der Waals surface area contributed by atoms with E-state index in [9.17, 15) is 0 Å². The Hall–Kier alpha value is -1.10. The Kier molecular flexibility index (Phi) is 5.97. The molecule has 0 fully saturated rings. The molecule has 1 atom stereocenters. The van der Waals surface area contributed by atoms with Crippen LogP contribution < -0.4 is 10.2 Å². The largest absolute Gasteiger partial charge is 0.395 e. The van der Waals surface area contributed by atoms with E-state index in [1.54, 1.807) is 7.11 Å². The monoisotopic (exact) mass is 238 g/mol. The van der Waals surface area contributed by atoms with Gasteiger partial charge in [-0.1, -0.05) is 12.1 Å². The number of hydrogen-bond donors (Lipinski definition) is 2.